The number of hydrogen-bond acceptors (Lipinski definition) is 5. The fourth-order valence-electron chi connectivity index (χ4n) is 2.78. The van der Waals surface area contributed by atoms with E-state index in [4.69, 9.17) is 14.0 Å². The van der Waals surface area contributed by atoms with Crippen molar-refractivity contribution in [3.05, 3.63) is 65.7 Å². The molecule has 0 bridgehead atoms. The molecule has 2 rings (SSSR count). The minimum atomic E-state index is -0.752. The number of amides is 1. The average Bonchev–Trinajstić information content (AvgIpc) is 2.69. The van der Waals surface area contributed by atoms with E-state index in [1.54, 1.807) is 14.2 Å². The number of hydrogen-bond donors (Lipinski definition) is 1. The Morgan fingerprint density at radius 2 is 1.56 bits per heavy atom. The first kappa shape index (κ1) is 20.7. The van der Waals surface area contributed by atoms with E-state index >= 15 is 0 Å². The Hall–Kier alpha value is -2.64. The van der Waals surface area contributed by atoms with E-state index in [1.807, 2.05) is 54.6 Å². The van der Waals surface area contributed by atoms with E-state index in [-0.39, 0.29) is 12.3 Å². The summed E-state index contributed by atoms with van der Waals surface area (Å²) in [6.45, 7) is 0. The van der Waals surface area contributed by atoms with Gasteiger partial charge < -0.3 is 19.4 Å². The second kappa shape index (κ2) is 10.5. The Morgan fingerprint density at radius 3 is 2.11 bits per heavy atom. The van der Waals surface area contributed by atoms with Crippen LogP contribution in [0.3, 0.4) is 0 Å². The minimum Gasteiger partial charge on any atom is -0.467 e. The van der Waals surface area contributed by atoms with Gasteiger partial charge in [-0.3, -0.25) is 4.79 Å². The zero-order valence-electron chi connectivity index (χ0n) is 15.8. The lowest BCUT2D eigenvalue weighted by atomic mass is 9.78. The van der Waals surface area contributed by atoms with Gasteiger partial charge in [-0.15, -0.1) is 0 Å². The molecule has 7 heteroatoms. The molecule has 2 aromatic carbocycles. The maximum absolute atomic E-state index is 12.3. The van der Waals surface area contributed by atoms with Gasteiger partial charge in [0.25, 0.3) is 0 Å². The molecule has 0 radical (unpaired) electrons. The van der Waals surface area contributed by atoms with Crippen LogP contribution in [0.15, 0.2) is 54.6 Å². The van der Waals surface area contributed by atoms with E-state index in [9.17, 15) is 9.59 Å². The predicted octanol–water partition coefficient (Wildman–Crippen LogP) is 1.12. The normalized spacial score (nSPS) is 11.5. The highest BCUT2D eigenvalue weighted by Gasteiger charge is 2.23. The van der Waals surface area contributed by atoms with E-state index in [2.05, 4.69) is 5.32 Å². The molecular weight excluding hydrogens is 345 g/mol. The molecule has 0 fully saturated rings. The summed E-state index contributed by atoms with van der Waals surface area (Å²) in [5.74, 6) is -0.709. The topological polar surface area (TPSA) is 73.9 Å². The van der Waals surface area contributed by atoms with Crippen LogP contribution < -0.4 is 10.8 Å². The van der Waals surface area contributed by atoms with E-state index in [0.717, 1.165) is 16.6 Å². The fourth-order valence-corrected chi connectivity index (χ4v) is 2.78. The third-order valence-electron chi connectivity index (χ3n) is 4.15. The maximum Gasteiger partial charge on any atom is 0.493 e. The molecule has 2 aromatic rings. The van der Waals surface area contributed by atoms with Crippen molar-refractivity contribution < 1.29 is 23.6 Å². The summed E-state index contributed by atoms with van der Waals surface area (Å²) in [5, 5.41) is 2.76. The highest BCUT2D eigenvalue weighted by atomic mass is 16.6. The van der Waals surface area contributed by atoms with Crippen molar-refractivity contribution >= 4 is 24.5 Å². The van der Waals surface area contributed by atoms with Crippen molar-refractivity contribution in [3.63, 3.8) is 0 Å². The molecule has 1 N–H and O–H groups in total. The SMILES string of the molecule is COB(OC)c1ccc(C[C@@H](NC(=O)Cc2ccccc2)C(=O)OC)cc1. The lowest BCUT2D eigenvalue weighted by molar-refractivity contribution is -0.145. The smallest absolute Gasteiger partial charge is 0.467 e. The molecule has 0 aliphatic heterocycles. The average molecular weight is 369 g/mol. The van der Waals surface area contributed by atoms with Gasteiger partial charge in [-0.2, -0.15) is 0 Å². The number of carbonyl (C=O) groups excluding carboxylic acids is 2. The van der Waals surface area contributed by atoms with Crippen LogP contribution in [-0.2, 0) is 36.5 Å². The van der Waals surface area contributed by atoms with Crippen molar-refractivity contribution in [1.82, 2.24) is 5.32 Å². The van der Waals surface area contributed by atoms with Crippen LogP contribution in [0.4, 0.5) is 0 Å². The van der Waals surface area contributed by atoms with Crippen molar-refractivity contribution in [3.8, 4) is 0 Å². The van der Waals surface area contributed by atoms with Gasteiger partial charge >= 0.3 is 13.1 Å². The molecule has 142 valence electrons. The van der Waals surface area contributed by atoms with Crippen LogP contribution in [0.1, 0.15) is 11.1 Å². The van der Waals surface area contributed by atoms with E-state index in [1.165, 1.54) is 7.11 Å². The lowest BCUT2D eigenvalue weighted by Gasteiger charge is -2.17. The van der Waals surface area contributed by atoms with E-state index in [0.29, 0.717) is 6.42 Å². The summed E-state index contributed by atoms with van der Waals surface area (Å²) < 4.78 is 15.3. The summed E-state index contributed by atoms with van der Waals surface area (Å²) in [7, 11) is 4.00. The zero-order chi connectivity index (χ0) is 19.6. The van der Waals surface area contributed by atoms with Crippen LogP contribution >= 0.6 is 0 Å². The van der Waals surface area contributed by atoms with Gasteiger partial charge in [0.05, 0.1) is 13.5 Å². The fraction of sp³-hybridized carbons (Fsp3) is 0.300. The molecule has 0 spiro atoms. The highest BCUT2D eigenvalue weighted by molar-refractivity contribution is 6.61. The van der Waals surface area contributed by atoms with Crippen molar-refractivity contribution in [2.45, 2.75) is 18.9 Å². The molecule has 0 unspecified atom stereocenters. The number of nitrogens with one attached hydrogen (secondary N) is 1. The maximum atomic E-state index is 12.3. The van der Waals surface area contributed by atoms with Crippen LogP contribution in [-0.4, -0.2) is 46.4 Å². The Labute approximate surface area is 160 Å². The molecule has 0 saturated heterocycles. The molecule has 0 heterocycles. The molecular formula is C20H24BNO5. The van der Waals surface area contributed by atoms with E-state index < -0.39 is 19.1 Å². The monoisotopic (exact) mass is 369 g/mol. The third kappa shape index (κ3) is 6.23. The summed E-state index contributed by atoms with van der Waals surface area (Å²) in [6.07, 6.45) is 0.536. The Kier molecular flexibility index (Phi) is 8.04. The predicted molar refractivity (Wildman–Crippen MR) is 104 cm³/mol. The number of methoxy groups -OCH3 is 1. The van der Waals surface area contributed by atoms with Gasteiger partial charge in [-0.25, -0.2) is 4.79 Å². The minimum absolute atomic E-state index is 0.205. The molecule has 1 atom stereocenters. The van der Waals surface area contributed by atoms with Crippen LogP contribution in [0.2, 0.25) is 0 Å². The molecule has 0 aromatic heterocycles. The zero-order valence-corrected chi connectivity index (χ0v) is 15.8. The molecule has 27 heavy (non-hydrogen) atoms. The number of benzene rings is 2. The van der Waals surface area contributed by atoms with Gasteiger partial charge in [-0.05, 0) is 16.6 Å². The lowest BCUT2D eigenvalue weighted by Crippen LogP contribution is -2.43. The first-order valence-electron chi connectivity index (χ1n) is 8.63. The van der Waals surface area contributed by atoms with Crippen molar-refractivity contribution in [1.29, 1.82) is 0 Å². The number of esters is 1. The molecule has 0 aliphatic rings. The standard InChI is InChI=1S/C20H24BNO5/c1-25-20(24)18(22-19(23)14-15-7-5-4-6-8-15)13-16-9-11-17(12-10-16)21(26-2)27-3/h4-12,18H,13-14H2,1-3H3,(H,22,23)/t18-/m1/s1. The summed E-state index contributed by atoms with van der Waals surface area (Å²) in [5.41, 5.74) is 2.64. The second-order valence-corrected chi connectivity index (χ2v) is 6.05. The molecule has 0 saturated carbocycles. The van der Waals surface area contributed by atoms with Crippen molar-refractivity contribution in [2.24, 2.45) is 0 Å². The van der Waals surface area contributed by atoms with Gasteiger partial charge in [0.2, 0.25) is 5.91 Å². The third-order valence-corrected chi connectivity index (χ3v) is 4.15. The first-order valence-corrected chi connectivity index (χ1v) is 8.63. The number of ether oxygens (including phenoxy) is 1. The Bertz CT molecular complexity index is 732. The van der Waals surface area contributed by atoms with Crippen LogP contribution in [0.25, 0.3) is 0 Å². The molecule has 1 amide bonds. The highest BCUT2D eigenvalue weighted by Crippen LogP contribution is 2.06. The first-order chi connectivity index (χ1) is 13.1. The number of rotatable bonds is 9. The largest absolute Gasteiger partial charge is 0.493 e. The second-order valence-electron chi connectivity index (χ2n) is 6.05. The van der Waals surface area contributed by atoms with Crippen LogP contribution in [0.5, 0.6) is 0 Å². The Balaban J connectivity index is 2.03. The van der Waals surface area contributed by atoms with Gasteiger partial charge in [0.15, 0.2) is 0 Å². The summed E-state index contributed by atoms with van der Waals surface area (Å²) in [6, 6.07) is 16.1. The van der Waals surface area contributed by atoms with Crippen molar-refractivity contribution in [2.75, 3.05) is 21.3 Å². The number of carbonyl (C=O) groups is 2. The van der Waals surface area contributed by atoms with Gasteiger partial charge in [-0.1, -0.05) is 54.6 Å². The summed E-state index contributed by atoms with van der Waals surface area (Å²) >= 11 is 0. The molecule has 6 nitrogen and oxygen atoms in total. The summed E-state index contributed by atoms with van der Waals surface area (Å²) in [4.78, 5) is 24.4. The molecule has 0 aliphatic carbocycles. The van der Waals surface area contributed by atoms with Gasteiger partial charge in [0.1, 0.15) is 6.04 Å². The van der Waals surface area contributed by atoms with Gasteiger partial charge in [0, 0.05) is 20.6 Å². The Morgan fingerprint density at radius 1 is 0.926 bits per heavy atom. The quantitative estimate of drug-likeness (QED) is 0.530. The van der Waals surface area contributed by atoms with Crippen LogP contribution in [0, 0.1) is 0 Å².